The van der Waals surface area contributed by atoms with Crippen molar-refractivity contribution in [1.29, 1.82) is 0 Å². The minimum atomic E-state index is -3.55. The largest absolute Gasteiger partial charge is 0.313 e. The molecule has 1 atom stereocenters. The van der Waals surface area contributed by atoms with E-state index in [2.05, 4.69) is 20.4 Å². The van der Waals surface area contributed by atoms with Gasteiger partial charge in [0, 0.05) is 43.5 Å². The summed E-state index contributed by atoms with van der Waals surface area (Å²) >= 11 is 0. The average molecular weight is 315 g/mol. The summed E-state index contributed by atoms with van der Waals surface area (Å²) in [5.74, 6) is 0. The molecule has 1 unspecified atom stereocenters. The lowest BCUT2D eigenvalue weighted by molar-refractivity contribution is 0.170. The SMILES string of the molecule is CCNCc1c(S(=O)(=O)N2CCN(C)CC2C)n[nH]c1C. The molecule has 120 valence electrons. The van der Waals surface area contributed by atoms with Gasteiger partial charge in [0.15, 0.2) is 5.03 Å². The van der Waals surface area contributed by atoms with Gasteiger partial charge in [-0.25, -0.2) is 8.42 Å². The first-order chi connectivity index (χ1) is 9.87. The number of hydrogen-bond donors (Lipinski definition) is 2. The van der Waals surface area contributed by atoms with E-state index >= 15 is 0 Å². The van der Waals surface area contributed by atoms with Crippen LogP contribution in [0.1, 0.15) is 25.1 Å². The summed E-state index contributed by atoms with van der Waals surface area (Å²) in [7, 11) is -1.54. The number of sulfonamides is 1. The van der Waals surface area contributed by atoms with Gasteiger partial charge in [0.25, 0.3) is 10.0 Å². The van der Waals surface area contributed by atoms with Crippen LogP contribution in [0, 0.1) is 6.92 Å². The Morgan fingerprint density at radius 3 is 2.76 bits per heavy atom. The zero-order chi connectivity index (χ0) is 15.6. The maximum absolute atomic E-state index is 12.9. The van der Waals surface area contributed by atoms with Gasteiger partial charge in [-0.3, -0.25) is 5.10 Å². The molecular weight excluding hydrogens is 290 g/mol. The smallest absolute Gasteiger partial charge is 0.263 e. The predicted octanol–water partition coefficient (Wildman–Crippen LogP) is 0.152. The van der Waals surface area contributed by atoms with Crippen LogP contribution in [0.15, 0.2) is 5.03 Å². The van der Waals surface area contributed by atoms with Crippen molar-refractivity contribution in [1.82, 2.24) is 24.7 Å². The van der Waals surface area contributed by atoms with Gasteiger partial charge < -0.3 is 10.2 Å². The highest BCUT2D eigenvalue weighted by molar-refractivity contribution is 7.89. The van der Waals surface area contributed by atoms with E-state index in [0.29, 0.717) is 13.1 Å². The summed E-state index contributed by atoms with van der Waals surface area (Å²) in [6, 6.07) is -0.0438. The number of aromatic nitrogens is 2. The Bertz CT molecular complexity index is 583. The number of H-pyrrole nitrogens is 1. The Morgan fingerprint density at radius 2 is 2.14 bits per heavy atom. The molecule has 1 aromatic heterocycles. The van der Waals surface area contributed by atoms with E-state index in [9.17, 15) is 8.42 Å². The molecular formula is C13H25N5O2S. The first kappa shape index (κ1) is 16.4. The topological polar surface area (TPSA) is 81.3 Å². The lowest BCUT2D eigenvalue weighted by Gasteiger charge is -2.36. The van der Waals surface area contributed by atoms with Crippen molar-refractivity contribution in [3.8, 4) is 0 Å². The summed E-state index contributed by atoms with van der Waals surface area (Å²) in [5.41, 5.74) is 1.54. The van der Waals surface area contributed by atoms with Gasteiger partial charge >= 0.3 is 0 Å². The van der Waals surface area contributed by atoms with E-state index in [1.165, 1.54) is 0 Å². The minimum absolute atomic E-state index is 0.0438. The fourth-order valence-electron chi connectivity index (χ4n) is 2.69. The first-order valence-electron chi connectivity index (χ1n) is 7.32. The summed E-state index contributed by atoms with van der Waals surface area (Å²) in [6.45, 7) is 9.08. The van der Waals surface area contributed by atoms with Gasteiger partial charge in [-0.2, -0.15) is 9.40 Å². The fourth-order valence-corrected chi connectivity index (χ4v) is 4.48. The van der Waals surface area contributed by atoms with Crippen molar-refractivity contribution in [3.63, 3.8) is 0 Å². The van der Waals surface area contributed by atoms with E-state index in [1.807, 2.05) is 27.8 Å². The fraction of sp³-hybridized carbons (Fsp3) is 0.769. The molecule has 0 amide bonds. The zero-order valence-corrected chi connectivity index (χ0v) is 14.0. The molecule has 0 saturated carbocycles. The van der Waals surface area contributed by atoms with Crippen molar-refractivity contribution in [2.75, 3.05) is 33.2 Å². The number of aryl methyl sites for hydroxylation is 1. The van der Waals surface area contributed by atoms with Crippen LogP contribution in [0.5, 0.6) is 0 Å². The predicted molar refractivity (Wildman–Crippen MR) is 81.6 cm³/mol. The number of likely N-dealkylation sites (N-methyl/N-ethyl adjacent to an activating group) is 1. The molecule has 1 fully saturated rings. The molecule has 0 aromatic carbocycles. The highest BCUT2D eigenvalue weighted by Gasteiger charge is 2.36. The summed E-state index contributed by atoms with van der Waals surface area (Å²) in [6.07, 6.45) is 0. The second-order valence-corrected chi connectivity index (χ2v) is 7.45. The number of aromatic amines is 1. The number of piperazine rings is 1. The third-order valence-electron chi connectivity index (χ3n) is 3.91. The van der Waals surface area contributed by atoms with E-state index in [1.54, 1.807) is 4.31 Å². The maximum Gasteiger partial charge on any atom is 0.263 e. The maximum atomic E-state index is 12.9. The van der Waals surface area contributed by atoms with Crippen LogP contribution >= 0.6 is 0 Å². The molecule has 8 heteroatoms. The molecule has 2 heterocycles. The van der Waals surface area contributed by atoms with Crippen LogP contribution in [-0.2, 0) is 16.6 Å². The van der Waals surface area contributed by atoms with Crippen LogP contribution in [-0.4, -0.2) is 67.1 Å². The average Bonchev–Trinajstić information content (AvgIpc) is 2.77. The van der Waals surface area contributed by atoms with E-state index in [-0.39, 0.29) is 11.1 Å². The molecule has 1 aromatic rings. The molecule has 1 aliphatic rings. The Morgan fingerprint density at radius 1 is 1.43 bits per heavy atom. The normalized spacial score (nSPS) is 21.8. The quantitative estimate of drug-likeness (QED) is 0.808. The second kappa shape index (κ2) is 6.43. The monoisotopic (exact) mass is 315 g/mol. The molecule has 1 aliphatic heterocycles. The molecule has 1 saturated heterocycles. The second-order valence-electron chi connectivity index (χ2n) is 5.64. The van der Waals surface area contributed by atoms with Crippen molar-refractivity contribution < 1.29 is 8.42 Å². The standard InChI is InChI=1S/C13H25N5O2S/c1-5-14-8-12-11(3)15-16-13(12)21(19,20)18-7-6-17(4)9-10(18)2/h10,14H,5-9H2,1-4H3,(H,15,16). The molecule has 0 radical (unpaired) electrons. The van der Waals surface area contributed by atoms with Crippen LogP contribution in [0.4, 0.5) is 0 Å². The molecule has 21 heavy (non-hydrogen) atoms. The van der Waals surface area contributed by atoms with Crippen molar-refractivity contribution >= 4 is 10.0 Å². The highest BCUT2D eigenvalue weighted by atomic mass is 32.2. The summed E-state index contributed by atoms with van der Waals surface area (Å²) in [5, 5.41) is 10.2. The van der Waals surface area contributed by atoms with Gasteiger partial charge in [0.1, 0.15) is 0 Å². The Balaban J connectivity index is 2.31. The number of hydrogen-bond acceptors (Lipinski definition) is 5. The number of nitrogens with zero attached hydrogens (tertiary/aromatic N) is 3. The Hall–Kier alpha value is -0.960. The summed E-state index contributed by atoms with van der Waals surface area (Å²) < 4.78 is 27.4. The molecule has 0 bridgehead atoms. The first-order valence-corrected chi connectivity index (χ1v) is 8.76. The molecule has 0 aliphatic carbocycles. The van der Waals surface area contributed by atoms with Crippen LogP contribution in [0.3, 0.4) is 0 Å². The zero-order valence-electron chi connectivity index (χ0n) is 13.2. The molecule has 2 rings (SSSR count). The third kappa shape index (κ3) is 3.28. The van der Waals surface area contributed by atoms with Crippen LogP contribution < -0.4 is 5.32 Å². The Labute approximate surface area is 126 Å². The third-order valence-corrected chi connectivity index (χ3v) is 5.90. The lowest BCUT2D eigenvalue weighted by atomic mass is 10.2. The highest BCUT2D eigenvalue weighted by Crippen LogP contribution is 2.23. The van der Waals surface area contributed by atoms with E-state index < -0.39 is 10.0 Å². The van der Waals surface area contributed by atoms with Crippen LogP contribution in [0.2, 0.25) is 0 Å². The van der Waals surface area contributed by atoms with Gasteiger partial charge in [0.2, 0.25) is 0 Å². The minimum Gasteiger partial charge on any atom is -0.313 e. The molecule has 0 spiro atoms. The number of nitrogens with one attached hydrogen (secondary N) is 2. The van der Waals surface area contributed by atoms with E-state index in [0.717, 1.165) is 30.9 Å². The Kier molecular flexibility index (Phi) is 5.03. The van der Waals surface area contributed by atoms with Crippen molar-refractivity contribution in [3.05, 3.63) is 11.3 Å². The van der Waals surface area contributed by atoms with Gasteiger partial charge in [-0.1, -0.05) is 6.92 Å². The van der Waals surface area contributed by atoms with Gasteiger partial charge in [0.05, 0.1) is 0 Å². The van der Waals surface area contributed by atoms with Crippen LogP contribution in [0.25, 0.3) is 0 Å². The van der Waals surface area contributed by atoms with Gasteiger partial charge in [-0.15, -0.1) is 0 Å². The number of rotatable bonds is 5. The van der Waals surface area contributed by atoms with Crippen molar-refractivity contribution in [2.24, 2.45) is 0 Å². The molecule has 2 N–H and O–H groups in total. The van der Waals surface area contributed by atoms with E-state index in [4.69, 9.17) is 0 Å². The molecule has 7 nitrogen and oxygen atoms in total. The summed E-state index contributed by atoms with van der Waals surface area (Å²) in [4.78, 5) is 2.14. The lowest BCUT2D eigenvalue weighted by Crippen LogP contribution is -2.52. The van der Waals surface area contributed by atoms with Crippen molar-refractivity contribution in [2.45, 2.75) is 38.4 Å². The van der Waals surface area contributed by atoms with Gasteiger partial charge in [-0.05, 0) is 27.4 Å².